The molecule has 0 bridgehead atoms. The zero-order valence-electron chi connectivity index (χ0n) is 19.0. The van der Waals surface area contributed by atoms with Crippen LogP contribution in [0.4, 0.5) is 13.2 Å². The number of hydrogen-bond donors (Lipinski definition) is 0. The number of alkyl halides is 3. The van der Waals surface area contributed by atoms with Gasteiger partial charge in [-0.1, -0.05) is 54.6 Å². The number of halogens is 3. The average molecular weight is 460 g/mol. The Labute approximate surface area is 196 Å². The molecule has 1 unspecified atom stereocenters. The Hall–Kier alpha value is -3.73. The van der Waals surface area contributed by atoms with Gasteiger partial charge in [-0.15, -0.1) is 0 Å². The molecule has 5 rings (SSSR count). The number of fused-ring (bicyclic) bond motifs is 3. The number of ether oxygens (including phenoxy) is 2. The molecule has 1 aliphatic heterocycles. The summed E-state index contributed by atoms with van der Waals surface area (Å²) in [5.74, 6) is 1.40. The van der Waals surface area contributed by atoms with Gasteiger partial charge in [-0.3, -0.25) is 0 Å². The van der Waals surface area contributed by atoms with Crippen molar-refractivity contribution in [2.45, 2.75) is 25.6 Å². The molecule has 0 amide bonds. The van der Waals surface area contributed by atoms with Crippen molar-refractivity contribution >= 4 is 16.8 Å². The standard InChI is InChI=1S/C29H23F3O2/c1-18-19(2)25-16-17-28(21-12-14-23(33-3)15-13-21,20-8-10-22(11-9-20)29(30,31)32)34-27(25)26-7-5-4-6-24(18)26/h4-17H,1-3H3. The first-order chi connectivity index (χ1) is 16.2. The van der Waals surface area contributed by atoms with Gasteiger partial charge < -0.3 is 9.47 Å². The van der Waals surface area contributed by atoms with Gasteiger partial charge in [0.2, 0.25) is 0 Å². The molecular formula is C29H23F3O2. The second-order valence-corrected chi connectivity index (χ2v) is 8.51. The molecule has 0 aliphatic carbocycles. The van der Waals surface area contributed by atoms with Crippen LogP contribution < -0.4 is 9.47 Å². The molecule has 1 aliphatic rings. The van der Waals surface area contributed by atoms with Crippen LogP contribution in [0, 0.1) is 13.8 Å². The third kappa shape index (κ3) is 3.43. The molecule has 0 radical (unpaired) electrons. The quantitative estimate of drug-likeness (QED) is 0.310. The Morgan fingerprint density at radius 3 is 1.94 bits per heavy atom. The molecule has 0 spiro atoms. The molecule has 0 aromatic heterocycles. The van der Waals surface area contributed by atoms with Gasteiger partial charge in [-0.2, -0.15) is 13.2 Å². The number of rotatable bonds is 3. The Balaban J connectivity index is 1.75. The molecule has 5 heteroatoms. The van der Waals surface area contributed by atoms with E-state index in [9.17, 15) is 13.2 Å². The molecule has 172 valence electrons. The molecule has 34 heavy (non-hydrogen) atoms. The second kappa shape index (κ2) is 7.94. The summed E-state index contributed by atoms with van der Waals surface area (Å²) in [6, 6.07) is 20.6. The zero-order chi connectivity index (χ0) is 24.1. The van der Waals surface area contributed by atoms with Crippen LogP contribution in [-0.4, -0.2) is 7.11 Å². The maximum atomic E-state index is 13.3. The minimum absolute atomic E-state index is 0.606. The van der Waals surface area contributed by atoms with Gasteiger partial charge in [0, 0.05) is 22.1 Å². The molecule has 0 saturated heterocycles. The third-order valence-electron chi connectivity index (χ3n) is 6.69. The normalized spacial score (nSPS) is 17.4. The van der Waals surface area contributed by atoms with Crippen molar-refractivity contribution in [3.63, 3.8) is 0 Å². The zero-order valence-corrected chi connectivity index (χ0v) is 19.0. The van der Waals surface area contributed by atoms with Gasteiger partial charge in [-0.25, -0.2) is 0 Å². The Bertz CT molecular complexity index is 1400. The summed E-state index contributed by atoms with van der Waals surface area (Å²) >= 11 is 0. The highest BCUT2D eigenvalue weighted by molar-refractivity contribution is 5.96. The van der Waals surface area contributed by atoms with E-state index in [1.54, 1.807) is 7.11 Å². The van der Waals surface area contributed by atoms with E-state index in [0.717, 1.165) is 45.3 Å². The van der Waals surface area contributed by atoms with E-state index in [0.29, 0.717) is 11.3 Å². The largest absolute Gasteiger partial charge is 0.497 e. The van der Waals surface area contributed by atoms with E-state index in [2.05, 4.69) is 19.9 Å². The molecule has 0 saturated carbocycles. The summed E-state index contributed by atoms with van der Waals surface area (Å²) in [6.07, 6.45) is -0.455. The van der Waals surface area contributed by atoms with E-state index < -0.39 is 17.3 Å². The van der Waals surface area contributed by atoms with Crippen molar-refractivity contribution in [1.82, 2.24) is 0 Å². The topological polar surface area (TPSA) is 18.5 Å². The molecule has 1 atom stereocenters. The summed E-state index contributed by atoms with van der Waals surface area (Å²) in [4.78, 5) is 0. The van der Waals surface area contributed by atoms with Gasteiger partial charge in [0.05, 0.1) is 12.7 Å². The van der Waals surface area contributed by atoms with Crippen molar-refractivity contribution in [2.75, 3.05) is 7.11 Å². The fourth-order valence-corrected chi connectivity index (χ4v) is 4.66. The number of methoxy groups -OCH3 is 1. The second-order valence-electron chi connectivity index (χ2n) is 8.51. The van der Waals surface area contributed by atoms with Crippen LogP contribution in [0.3, 0.4) is 0 Å². The van der Waals surface area contributed by atoms with Crippen molar-refractivity contribution in [3.05, 3.63) is 112 Å². The lowest BCUT2D eigenvalue weighted by molar-refractivity contribution is -0.137. The molecule has 0 N–H and O–H groups in total. The highest BCUT2D eigenvalue weighted by Crippen LogP contribution is 2.47. The summed E-state index contributed by atoms with van der Waals surface area (Å²) in [5, 5.41) is 2.06. The van der Waals surface area contributed by atoms with Crippen LogP contribution >= 0.6 is 0 Å². The van der Waals surface area contributed by atoms with Crippen LogP contribution in [0.2, 0.25) is 0 Å². The lowest BCUT2D eigenvalue weighted by Crippen LogP contribution is -2.34. The van der Waals surface area contributed by atoms with Gasteiger partial charge >= 0.3 is 6.18 Å². The van der Waals surface area contributed by atoms with Gasteiger partial charge in [0.25, 0.3) is 0 Å². The van der Waals surface area contributed by atoms with E-state index in [-0.39, 0.29) is 0 Å². The van der Waals surface area contributed by atoms with Crippen LogP contribution in [0.15, 0.2) is 78.9 Å². The van der Waals surface area contributed by atoms with Crippen molar-refractivity contribution in [3.8, 4) is 11.5 Å². The van der Waals surface area contributed by atoms with Crippen LogP contribution in [0.5, 0.6) is 11.5 Å². The number of hydrogen-bond acceptors (Lipinski definition) is 2. The predicted molar refractivity (Wildman–Crippen MR) is 128 cm³/mol. The molecular weight excluding hydrogens is 437 g/mol. The first-order valence-corrected chi connectivity index (χ1v) is 11.0. The summed E-state index contributed by atoms with van der Waals surface area (Å²) < 4.78 is 51.9. The summed E-state index contributed by atoms with van der Waals surface area (Å²) in [5.41, 5.74) is 2.86. The minimum atomic E-state index is -4.41. The summed E-state index contributed by atoms with van der Waals surface area (Å²) in [6.45, 7) is 4.15. The maximum Gasteiger partial charge on any atom is 0.416 e. The first kappa shape index (κ1) is 22.1. The van der Waals surface area contributed by atoms with Crippen molar-refractivity contribution in [1.29, 1.82) is 0 Å². The highest BCUT2D eigenvalue weighted by Gasteiger charge is 2.39. The molecule has 4 aromatic carbocycles. The van der Waals surface area contributed by atoms with Crippen LogP contribution in [0.1, 0.15) is 33.4 Å². The molecule has 0 fully saturated rings. The summed E-state index contributed by atoms with van der Waals surface area (Å²) in [7, 11) is 1.59. The van der Waals surface area contributed by atoms with Crippen LogP contribution in [0.25, 0.3) is 16.8 Å². The lowest BCUT2D eigenvalue weighted by atomic mass is 9.82. The minimum Gasteiger partial charge on any atom is -0.497 e. The third-order valence-corrected chi connectivity index (χ3v) is 6.69. The predicted octanol–water partition coefficient (Wildman–Crippen LogP) is 7.83. The van der Waals surface area contributed by atoms with Gasteiger partial charge in [-0.05, 0) is 60.7 Å². The smallest absolute Gasteiger partial charge is 0.416 e. The maximum absolute atomic E-state index is 13.3. The Kier molecular flexibility index (Phi) is 5.16. The van der Waals surface area contributed by atoms with E-state index in [4.69, 9.17) is 9.47 Å². The van der Waals surface area contributed by atoms with E-state index in [1.165, 1.54) is 17.7 Å². The average Bonchev–Trinajstić information content (AvgIpc) is 2.86. The highest BCUT2D eigenvalue weighted by atomic mass is 19.4. The molecule has 4 aromatic rings. The van der Waals surface area contributed by atoms with Crippen LogP contribution in [-0.2, 0) is 11.8 Å². The van der Waals surface area contributed by atoms with Gasteiger partial charge in [0.1, 0.15) is 11.5 Å². The molecule has 1 heterocycles. The van der Waals surface area contributed by atoms with Crippen molar-refractivity contribution < 1.29 is 22.6 Å². The van der Waals surface area contributed by atoms with E-state index in [1.807, 2.05) is 54.6 Å². The molecule has 2 nitrogen and oxygen atoms in total. The lowest BCUT2D eigenvalue weighted by Gasteiger charge is -2.37. The SMILES string of the molecule is COc1ccc(C2(c3ccc(C(F)(F)F)cc3)C=Cc3c(C)c(C)c4ccccc4c3O2)cc1. The number of benzene rings is 4. The Morgan fingerprint density at radius 2 is 1.35 bits per heavy atom. The monoisotopic (exact) mass is 460 g/mol. The van der Waals surface area contributed by atoms with Gasteiger partial charge in [0.15, 0.2) is 5.60 Å². The Morgan fingerprint density at radius 1 is 0.765 bits per heavy atom. The van der Waals surface area contributed by atoms with E-state index >= 15 is 0 Å². The fourth-order valence-electron chi connectivity index (χ4n) is 4.66. The fraction of sp³-hybridized carbons (Fsp3) is 0.172. The first-order valence-electron chi connectivity index (χ1n) is 11.0. The van der Waals surface area contributed by atoms with Crippen molar-refractivity contribution in [2.24, 2.45) is 0 Å². The number of aryl methyl sites for hydroxylation is 1.